The fourth-order valence-electron chi connectivity index (χ4n) is 2.43. The lowest BCUT2D eigenvalue weighted by Crippen LogP contribution is -2.19. The third-order valence-corrected chi connectivity index (χ3v) is 3.37. The van der Waals surface area contributed by atoms with Crippen LogP contribution in [0.4, 0.5) is 5.82 Å². The molecular formula is C12H17N5. The van der Waals surface area contributed by atoms with Gasteiger partial charge in [0.25, 0.3) is 0 Å². The number of hydrogen-bond acceptors (Lipinski definition) is 4. The number of fused-ring (bicyclic) bond motifs is 1. The van der Waals surface area contributed by atoms with Crippen LogP contribution in [0.5, 0.6) is 0 Å². The van der Waals surface area contributed by atoms with E-state index in [1.807, 2.05) is 16.8 Å². The van der Waals surface area contributed by atoms with Gasteiger partial charge in [-0.25, -0.2) is 9.50 Å². The molecule has 17 heavy (non-hydrogen) atoms. The molecule has 1 saturated heterocycles. The minimum absolute atomic E-state index is 0.727. The van der Waals surface area contributed by atoms with Crippen molar-refractivity contribution in [2.75, 3.05) is 32.0 Å². The molecule has 3 heterocycles. The lowest BCUT2D eigenvalue weighted by atomic mass is 10.1. The molecule has 90 valence electrons. The summed E-state index contributed by atoms with van der Waals surface area (Å²) < 4.78 is 1.84. The highest BCUT2D eigenvalue weighted by Gasteiger charge is 2.19. The molecule has 2 aromatic heterocycles. The minimum atomic E-state index is 0.727. The van der Waals surface area contributed by atoms with Crippen LogP contribution in [-0.4, -0.2) is 46.2 Å². The van der Waals surface area contributed by atoms with Crippen molar-refractivity contribution in [3.8, 4) is 0 Å². The molecular weight excluding hydrogens is 214 g/mol. The van der Waals surface area contributed by atoms with Crippen molar-refractivity contribution in [2.45, 2.75) is 6.42 Å². The first-order valence-corrected chi connectivity index (χ1v) is 6.04. The summed E-state index contributed by atoms with van der Waals surface area (Å²) in [6.45, 7) is 3.37. The van der Waals surface area contributed by atoms with Crippen LogP contribution in [0.25, 0.3) is 5.52 Å². The average molecular weight is 231 g/mol. The highest BCUT2D eigenvalue weighted by Crippen LogP contribution is 2.17. The Balaban J connectivity index is 1.70. The second kappa shape index (κ2) is 4.33. The first-order valence-electron chi connectivity index (χ1n) is 6.04. The molecule has 1 unspecified atom stereocenters. The van der Waals surface area contributed by atoms with Gasteiger partial charge in [0.1, 0.15) is 5.52 Å². The zero-order valence-corrected chi connectivity index (χ0v) is 10.0. The average Bonchev–Trinajstić information content (AvgIpc) is 2.94. The molecule has 0 saturated carbocycles. The summed E-state index contributed by atoms with van der Waals surface area (Å²) >= 11 is 0. The van der Waals surface area contributed by atoms with E-state index in [9.17, 15) is 0 Å². The number of nitrogens with zero attached hydrogens (tertiary/aromatic N) is 4. The van der Waals surface area contributed by atoms with Crippen molar-refractivity contribution in [3.05, 3.63) is 24.7 Å². The molecule has 0 aromatic carbocycles. The van der Waals surface area contributed by atoms with Crippen LogP contribution in [-0.2, 0) is 0 Å². The van der Waals surface area contributed by atoms with Gasteiger partial charge in [-0.1, -0.05) is 0 Å². The SMILES string of the molecule is CN1CCC(CNc2nccn3nccc23)C1. The van der Waals surface area contributed by atoms with Crippen LogP contribution >= 0.6 is 0 Å². The molecule has 1 atom stereocenters. The van der Waals surface area contributed by atoms with E-state index >= 15 is 0 Å². The smallest absolute Gasteiger partial charge is 0.152 e. The fraction of sp³-hybridized carbons (Fsp3) is 0.500. The Kier molecular flexibility index (Phi) is 2.68. The molecule has 3 rings (SSSR count). The van der Waals surface area contributed by atoms with Crippen molar-refractivity contribution in [1.29, 1.82) is 0 Å². The van der Waals surface area contributed by atoms with Gasteiger partial charge in [0.15, 0.2) is 5.82 Å². The van der Waals surface area contributed by atoms with E-state index in [0.29, 0.717) is 0 Å². The standard InChI is InChI=1S/C12H17N5/c1-16-6-3-10(9-16)8-14-12-11-2-4-15-17(11)7-5-13-12/h2,4-5,7,10H,3,6,8-9H2,1H3,(H,13,14). The lowest BCUT2D eigenvalue weighted by Gasteiger charge is -2.12. The summed E-state index contributed by atoms with van der Waals surface area (Å²) in [5, 5.41) is 7.64. The second-order valence-electron chi connectivity index (χ2n) is 4.73. The van der Waals surface area contributed by atoms with E-state index in [1.165, 1.54) is 19.5 Å². The van der Waals surface area contributed by atoms with E-state index in [2.05, 4.69) is 27.3 Å². The van der Waals surface area contributed by atoms with Gasteiger partial charge in [0.2, 0.25) is 0 Å². The monoisotopic (exact) mass is 231 g/mol. The summed E-state index contributed by atoms with van der Waals surface area (Å²) in [7, 11) is 2.18. The zero-order chi connectivity index (χ0) is 11.7. The zero-order valence-electron chi connectivity index (χ0n) is 10.0. The molecule has 5 heteroatoms. The summed E-state index contributed by atoms with van der Waals surface area (Å²) in [5.41, 5.74) is 1.04. The summed E-state index contributed by atoms with van der Waals surface area (Å²) in [5.74, 6) is 1.66. The Morgan fingerprint density at radius 3 is 3.24 bits per heavy atom. The Morgan fingerprint density at radius 1 is 1.47 bits per heavy atom. The van der Waals surface area contributed by atoms with Crippen molar-refractivity contribution in [3.63, 3.8) is 0 Å². The number of nitrogens with one attached hydrogen (secondary N) is 1. The van der Waals surface area contributed by atoms with Crippen LogP contribution in [0.3, 0.4) is 0 Å². The van der Waals surface area contributed by atoms with Gasteiger partial charge in [-0.2, -0.15) is 5.10 Å². The minimum Gasteiger partial charge on any atom is -0.368 e. The molecule has 0 spiro atoms. The van der Waals surface area contributed by atoms with Crippen molar-refractivity contribution in [2.24, 2.45) is 5.92 Å². The highest BCUT2D eigenvalue weighted by molar-refractivity contribution is 5.66. The Morgan fingerprint density at radius 2 is 2.41 bits per heavy atom. The molecule has 1 fully saturated rings. The summed E-state index contributed by atoms with van der Waals surface area (Å²) in [6.07, 6.45) is 6.71. The molecule has 1 aliphatic rings. The topological polar surface area (TPSA) is 45.5 Å². The first kappa shape index (κ1) is 10.5. The van der Waals surface area contributed by atoms with E-state index in [4.69, 9.17) is 0 Å². The molecule has 0 bridgehead atoms. The Labute approximate surface area is 100 Å². The van der Waals surface area contributed by atoms with Crippen LogP contribution in [0.1, 0.15) is 6.42 Å². The predicted octanol–water partition coefficient (Wildman–Crippen LogP) is 1.09. The molecule has 1 aliphatic heterocycles. The van der Waals surface area contributed by atoms with Gasteiger partial charge in [0, 0.05) is 25.5 Å². The first-order chi connectivity index (χ1) is 8.33. The predicted molar refractivity (Wildman–Crippen MR) is 67.1 cm³/mol. The number of hydrogen-bond donors (Lipinski definition) is 1. The fourth-order valence-corrected chi connectivity index (χ4v) is 2.43. The van der Waals surface area contributed by atoms with Gasteiger partial charge in [-0.3, -0.25) is 0 Å². The summed E-state index contributed by atoms with van der Waals surface area (Å²) in [6, 6.07) is 1.98. The van der Waals surface area contributed by atoms with Crippen LogP contribution in [0, 0.1) is 5.92 Å². The number of likely N-dealkylation sites (tertiary alicyclic amines) is 1. The van der Waals surface area contributed by atoms with Gasteiger partial charge < -0.3 is 10.2 Å². The van der Waals surface area contributed by atoms with Crippen LogP contribution in [0.2, 0.25) is 0 Å². The Bertz CT molecular complexity index is 506. The van der Waals surface area contributed by atoms with E-state index < -0.39 is 0 Å². The van der Waals surface area contributed by atoms with E-state index in [0.717, 1.165) is 23.8 Å². The second-order valence-corrected chi connectivity index (χ2v) is 4.73. The third-order valence-electron chi connectivity index (χ3n) is 3.37. The van der Waals surface area contributed by atoms with Crippen molar-refractivity contribution < 1.29 is 0 Å². The van der Waals surface area contributed by atoms with Gasteiger partial charge in [-0.15, -0.1) is 0 Å². The normalized spacial score (nSPS) is 21.1. The highest BCUT2D eigenvalue weighted by atomic mass is 15.2. The third kappa shape index (κ3) is 2.10. The van der Waals surface area contributed by atoms with Gasteiger partial charge in [0.05, 0.1) is 6.20 Å². The molecule has 0 aliphatic carbocycles. The molecule has 2 aromatic rings. The maximum Gasteiger partial charge on any atom is 0.152 e. The summed E-state index contributed by atoms with van der Waals surface area (Å²) in [4.78, 5) is 6.75. The molecule has 1 N–H and O–H groups in total. The number of aromatic nitrogens is 3. The van der Waals surface area contributed by atoms with Crippen LogP contribution < -0.4 is 5.32 Å². The van der Waals surface area contributed by atoms with Crippen molar-refractivity contribution >= 4 is 11.3 Å². The maximum absolute atomic E-state index is 4.37. The van der Waals surface area contributed by atoms with Gasteiger partial charge >= 0.3 is 0 Å². The lowest BCUT2D eigenvalue weighted by molar-refractivity contribution is 0.399. The Hall–Kier alpha value is -1.62. The number of anilines is 1. The largest absolute Gasteiger partial charge is 0.368 e. The maximum atomic E-state index is 4.37. The van der Waals surface area contributed by atoms with E-state index in [1.54, 1.807) is 12.4 Å². The van der Waals surface area contributed by atoms with Crippen LogP contribution in [0.15, 0.2) is 24.7 Å². The molecule has 0 amide bonds. The molecule has 0 radical (unpaired) electrons. The van der Waals surface area contributed by atoms with Crippen molar-refractivity contribution in [1.82, 2.24) is 19.5 Å². The van der Waals surface area contributed by atoms with E-state index in [-0.39, 0.29) is 0 Å². The van der Waals surface area contributed by atoms with Gasteiger partial charge in [-0.05, 0) is 32.0 Å². The quantitative estimate of drug-likeness (QED) is 0.859. The number of rotatable bonds is 3. The molecule has 5 nitrogen and oxygen atoms in total.